The molecule has 1 amide bonds. The van der Waals surface area contributed by atoms with Gasteiger partial charge in [0, 0.05) is 51.2 Å². The maximum Gasteiger partial charge on any atom is 0.230 e. The molecule has 3 aliphatic rings. The molecule has 132 valence electrons. The fourth-order valence-electron chi connectivity index (χ4n) is 4.62. The lowest BCUT2D eigenvalue weighted by atomic mass is 9.77. The van der Waals surface area contributed by atoms with E-state index in [1.165, 1.54) is 19.4 Å². The number of nitrogens with zero attached hydrogens (tertiary/aromatic N) is 2. The highest BCUT2D eigenvalue weighted by Gasteiger charge is 2.51. The zero-order chi connectivity index (χ0) is 16.6. The monoisotopic (exact) mass is 332 g/mol. The molecular weight excluding hydrogens is 304 g/mol. The molecule has 24 heavy (non-hydrogen) atoms. The lowest BCUT2D eigenvalue weighted by Crippen LogP contribution is -2.38. The van der Waals surface area contributed by atoms with Crippen LogP contribution in [0, 0.1) is 17.3 Å². The second-order valence-corrected chi connectivity index (χ2v) is 7.97. The zero-order valence-electron chi connectivity index (χ0n) is 14.6. The van der Waals surface area contributed by atoms with Gasteiger partial charge >= 0.3 is 0 Å². The second-order valence-electron chi connectivity index (χ2n) is 7.97. The molecule has 0 bridgehead atoms. The minimum atomic E-state index is 0.193. The van der Waals surface area contributed by atoms with Crippen molar-refractivity contribution in [1.82, 2.24) is 9.80 Å². The predicted octanol–water partition coefficient (Wildman–Crippen LogP) is 2.03. The average Bonchev–Trinajstić information content (AvgIpc) is 2.98. The van der Waals surface area contributed by atoms with E-state index < -0.39 is 0 Å². The van der Waals surface area contributed by atoms with Crippen LogP contribution in [0.3, 0.4) is 0 Å². The van der Waals surface area contributed by atoms with Gasteiger partial charge in [0.2, 0.25) is 5.91 Å². The van der Waals surface area contributed by atoms with Crippen molar-refractivity contribution in [3.05, 3.63) is 24.2 Å². The fourth-order valence-corrected chi connectivity index (χ4v) is 4.62. The third kappa shape index (κ3) is 3.24. The lowest BCUT2D eigenvalue weighted by molar-refractivity contribution is -0.130. The van der Waals surface area contributed by atoms with Crippen LogP contribution in [-0.4, -0.2) is 62.1 Å². The number of hydrogen-bond donors (Lipinski definition) is 0. The van der Waals surface area contributed by atoms with Crippen LogP contribution in [-0.2, 0) is 16.0 Å². The third-order valence-electron chi connectivity index (χ3n) is 6.11. The first kappa shape index (κ1) is 16.2. The first-order chi connectivity index (χ1) is 11.7. The van der Waals surface area contributed by atoms with Gasteiger partial charge in [-0.3, -0.25) is 4.79 Å². The molecule has 2 saturated heterocycles. The van der Waals surface area contributed by atoms with E-state index in [9.17, 15) is 4.79 Å². The highest BCUT2D eigenvalue weighted by atomic mass is 16.5. The molecule has 0 radical (unpaired) electrons. The predicted molar refractivity (Wildman–Crippen MR) is 90.6 cm³/mol. The molecule has 1 saturated carbocycles. The van der Waals surface area contributed by atoms with E-state index >= 15 is 0 Å². The smallest absolute Gasteiger partial charge is 0.230 e. The third-order valence-corrected chi connectivity index (χ3v) is 6.11. The Morgan fingerprint density at radius 2 is 2.29 bits per heavy atom. The summed E-state index contributed by atoms with van der Waals surface area (Å²) < 4.78 is 10.8. The van der Waals surface area contributed by atoms with Crippen LogP contribution >= 0.6 is 0 Å². The number of carbonyl (C=O) groups excluding carboxylic acids is 1. The largest absolute Gasteiger partial charge is 0.469 e. The van der Waals surface area contributed by atoms with Crippen LogP contribution in [0.4, 0.5) is 0 Å². The van der Waals surface area contributed by atoms with Crippen LogP contribution < -0.4 is 0 Å². The molecule has 1 aromatic rings. The van der Waals surface area contributed by atoms with Crippen molar-refractivity contribution in [1.29, 1.82) is 0 Å². The SMILES string of the molecule is COC[C@@H]1CN(CC2CC2)C[C@@]12CCN(C(=O)Cc1ccco1)C2. The van der Waals surface area contributed by atoms with Crippen LogP contribution in [0.5, 0.6) is 0 Å². The summed E-state index contributed by atoms with van der Waals surface area (Å²) in [5.74, 6) is 2.42. The van der Waals surface area contributed by atoms with Crippen molar-refractivity contribution >= 4 is 5.91 Å². The molecule has 5 heteroatoms. The molecule has 3 heterocycles. The van der Waals surface area contributed by atoms with E-state index in [1.807, 2.05) is 17.0 Å². The summed E-state index contributed by atoms with van der Waals surface area (Å²) in [5, 5.41) is 0. The molecule has 0 N–H and O–H groups in total. The number of amides is 1. The Morgan fingerprint density at radius 1 is 1.42 bits per heavy atom. The normalized spacial score (nSPS) is 30.5. The number of carbonyl (C=O) groups is 1. The van der Waals surface area contributed by atoms with Crippen molar-refractivity contribution in [2.75, 3.05) is 46.4 Å². The highest BCUT2D eigenvalue weighted by molar-refractivity contribution is 5.78. The summed E-state index contributed by atoms with van der Waals surface area (Å²) in [6.45, 7) is 6.05. The Kier molecular flexibility index (Phi) is 4.39. The topological polar surface area (TPSA) is 45.9 Å². The van der Waals surface area contributed by atoms with Gasteiger partial charge in [-0.2, -0.15) is 0 Å². The van der Waals surface area contributed by atoms with Gasteiger partial charge < -0.3 is 19.0 Å². The first-order valence-corrected chi connectivity index (χ1v) is 9.20. The van der Waals surface area contributed by atoms with Gasteiger partial charge in [0.25, 0.3) is 0 Å². The molecular formula is C19H28N2O3. The number of likely N-dealkylation sites (tertiary alicyclic amines) is 2. The van der Waals surface area contributed by atoms with Crippen molar-refractivity contribution in [3.8, 4) is 0 Å². The van der Waals surface area contributed by atoms with Crippen molar-refractivity contribution in [2.45, 2.75) is 25.7 Å². The van der Waals surface area contributed by atoms with Crippen LogP contribution in [0.25, 0.3) is 0 Å². The summed E-state index contributed by atoms with van der Waals surface area (Å²) in [6.07, 6.45) is 5.91. The standard InChI is InChI=1S/C19H28N2O3/c1-23-12-16-11-20(10-15-4-5-15)13-19(16)6-7-21(14-19)18(22)9-17-3-2-8-24-17/h2-3,8,15-16H,4-7,9-14H2,1H3/t16-,19+/m0/s1. The van der Waals surface area contributed by atoms with Crippen molar-refractivity contribution < 1.29 is 13.9 Å². The molecule has 1 spiro atoms. The van der Waals surface area contributed by atoms with Gasteiger partial charge in [-0.25, -0.2) is 0 Å². The van der Waals surface area contributed by atoms with Crippen LogP contribution in [0.2, 0.25) is 0 Å². The Morgan fingerprint density at radius 3 is 3.00 bits per heavy atom. The highest BCUT2D eigenvalue weighted by Crippen LogP contribution is 2.45. The van der Waals surface area contributed by atoms with Gasteiger partial charge in [-0.05, 0) is 37.3 Å². The number of rotatable bonds is 6. The quantitative estimate of drug-likeness (QED) is 0.800. The minimum Gasteiger partial charge on any atom is -0.469 e. The summed E-state index contributed by atoms with van der Waals surface area (Å²) in [4.78, 5) is 17.3. The molecule has 1 aliphatic carbocycles. The van der Waals surface area contributed by atoms with Crippen LogP contribution in [0.15, 0.2) is 22.8 Å². The maximum atomic E-state index is 12.6. The molecule has 3 fully saturated rings. The molecule has 0 unspecified atom stereocenters. The van der Waals surface area contributed by atoms with Gasteiger partial charge in [0.1, 0.15) is 5.76 Å². The summed E-state index contributed by atoms with van der Waals surface area (Å²) in [7, 11) is 1.80. The summed E-state index contributed by atoms with van der Waals surface area (Å²) in [5.41, 5.74) is 0.226. The van der Waals surface area contributed by atoms with Gasteiger partial charge in [0.15, 0.2) is 0 Å². The number of furan rings is 1. The van der Waals surface area contributed by atoms with Gasteiger partial charge in [0.05, 0.1) is 19.3 Å². The molecule has 2 atom stereocenters. The molecule has 5 nitrogen and oxygen atoms in total. The van der Waals surface area contributed by atoms with E-state index in [0.29, 0.717) is 12.3 Å². The van der Waals surface area contributed by atoms with Crippen LogP contribution in [0.1, 0.15) is 25.0 Å². The summed E-state index contributed by atoms with van der Waals surface area (Å²) >= 11 is 0. The number of hydrogen-bond acceptors (Lipinski definition) is 4. The molecule has 2 aliphatic heterocycles. The second kappa shape index (κ2) is 6.52. The van der Waals surface area contributed by atoms with Crippen molar-refractivity contribution in [3.63, 3.8) is 0 Å². The molecule has 0 aromatic carbocycles. The Bertz CT molecular complexity index is 569. The first-order valence-electron chi connectivity index (χ1n) is 9.20. The van der Waals surface area contributed by atoms with E-state index in [4.69, 9.17) is 9.15 Å². The Labute approximate surface area is 143 Å². The maximum absolute atomic E-state index is 12.6. The minimum absolute atomic E-state index is 0.193. The molecule has 4 rings (SSSR count). The Hall–Kier alpha value is -1.33. The summed E-state index contributed by atoms with van der Waals surface area (Å²) in [6, 6.07) is 3.72. The van der Waals surface area contributed by atoms with E-state index in [1.54, 1.807) is 13.4 Å². The van der Waals surface area contributed by atoms with Crippen molar-refractivity contribution in [2.24, 2.45) is 17.3 Å². The van der Waals surface area contributed by atoms with E-state index in [2.05, 4.69) is 4.90 Å². The fraction of sp³-hybridized carbons (Fsp3) is 0.737. The average molecular weight is 332 g/mol. The molecule has 1 aromatic heterocycles. The number of ether oxygens (including phenoxy) is 1. The zero-order valence-corrected chi connectivity index (χ0v) is 14.6. The van der Waals surface area contributed by atoms with Gasteiger partial charge in [-0.15, -0.1) is 0 Å². The van der Waals surface area contributed by atoms with Gasteiger partial charge in [-0.1, -0.05) is 0 Å². The number of methoxy groups -OCH3 is 1. The van der Waals surface area contributed by atoms with E-state index in [-0.39, 0.29) is 11.3 Å². The lowest BCUT2D eigenvalue weighted by Gasteiger charge is -2.30. The Balaban J connectivity index is 1.40. The van der Waals surface area contributed by atoms with E-state index in [0.717, 1.165) is 50.9 Å².